The van der Waals surface area contributed by atoms with Crippen LogP contribution in [0.5, 0.6) is 0 Å². The van der Waals surface area contributed by atoms with Gasteiger partial charge in [-0.3, -0.25) is 0 Å². The number of fused-ring (bicyclic) bond motifs is 3. The van der Waals surface area contributed by atoms with Gasteiger partial charge in [-0.2, -0.15) is 13.2 Å². The molecule has 0 aliphatic carbocycles. The lowest BCUT2D eigenvalue weighted by Gasteiger charge is -2.38. The van der Waals surface area contributed by atoms with Crippen LogP contribution in [0.2, 0.25) is 0 Å². The molecule has 4 rings (SSSR count). The molecule has 1 N–H and O–H groups in total. The third kappa shape index (κ3) is 4.24. The molecule has 1 aromatic carbocycles. The minimum absolute atomic E-state index is 0.0721. The summed E-state index contributed by atoms with van der Waals surface area (Å²) in [7, 11) is -3.42. The summed E-state index contributed by atoms with van der Waals surface area (Å²) in [5, 5.41) is 10.2. The van der Waals surface area contributed by atoms with Crippen molar-refractivity contribution in [2.45, 2.75) is 57.0 Å². The highest BCUT2D eigenvalue weighted by atomic mass is 32.2. The van der Waals surface area contributed by atoms with E-state index >= 15 is 0 Å². The predicted octanol–water partition coefficient (Wildman–Crippen LogP) is 3.69. The number of aliphatic hydroxyl groups is 1. The Balaban J connectivity index is 1.85. The lowest BCUT2D eigenvalue weighted by atomic mass is 9.97. The molecule has 1 aliphatic rings. The van der Waals surface area contributed by atoms with E-state index in [1.54, 1.807) is 17.0 Å². The molecular formula is C22H26F3N5O3S. The fourth-order valence-electron chi connectivity index (χ4n) is 4.36. The fraction of sp³-hybridized carbons (Fsp3) is 0.500. The number of hydrogen-bond acceptors (Lipinski definition) is 7. The van der Waals surface area contributed by atoms with E-state index in [2.05, 4.69) is 9.97 Å². The van der Waals surface area contributed by atoms with Crippen LogP contribution in [0.3, 0.4) is 0 Å². The van der Waals surface area contributed by atoms with Gasteiger partial charge in [0.2, 0.25) is 5.95 Å². The van der Waals surface area contributed by atoms with Crippen molar-refractivity contribution in [2.24, 2.45) is 5.92 Å². The second-order valence-electron chi connectivity index (χ2n) is 9.42. The van der Waals surface area contributed by atoms with Gasteiger partial charge in [0.25, 0.3) is 0 Å². The maximum absolute atomic E-state index is 13.8. The first-order valence-electron chi connectivity index (χ1n) is 10.7. The molecule has 184 valence electrons. The van der Waals surface area contributed by atoms with Gasteiger partial charge in [0.15, 0.2) is 15.5 Å². The zero-order chi connectivity index (χ0) is 25.2. The predicted molar refractivity (Wildman–Crippen MR) is 120 cm³/mol. The number of hydrogen-bond donors (Lipinski definition) is 1. The monoisotopic (exact) mass is 497 g/mol. The summed E-state index contributed by atoms with van der Waals surface area (Å²) < 4.78 is 67.4. The summed E-state index contributed by atoms with van der Waals surface area (Å²) in [6, 6.07) is 4.25. The molecule has 8 nitrogen and oxygen atoms in total. The van der Waals surface area contributed by atoms with Gasteiger partial charge in [0.05, 0.1) is 27.6 Å². The molecule has 0 saturated carbocycles. The Labute approximate surface area is 195 Å². The summed E-state index contributed by atoms with van der Waals surface area (Å²) in [4.78, 5) is 14.6. The minimum atomic E-state index is -4.77. The maximum Gasteiger partial charge on any atom is 0.433 e. The molecule has 1 atom stereocenters. The van der Waals surface area contributed by atoms with Crippen LogP contribution in [0.1, 0.15) is 50.8 Å². The maximum atomic E-state index is 13.8. The fourth-order valence-corrected chi connectivity index (χ4v) is 5.00. The van der Waals surface area contributed by atoms with Crippen molar-refractivity contribution >= 4 is 26.8 Å². The van der Waals surface area contributed by atoms with Crippen LogP contribution in [0.15, 0.2) is 29.3 Å². The second-order valence-corrected chi connectivity index (χ2v) is 11.4. The Hall–Kier alpha value is -2.73. The second kappa shape index (κ2) is 7.91. The number of anilines is 1. The number of imidazole rings is 1. The van der Waals surface area contributed by atoms with E-state index in [9.17, 15) is 26.7 Å². The molecule has 0 bridgehead atoms. The van der Waals surface area contributed by atoms with Crippen molar-refractivity contribution < 1.29 is 26.7 Å². The molecule has 0 radical (unpaired) electrons. The summed E-state index contributed by atoms with van der Waals surface area (Å²) in [6.45, 7) is 7.01. The standard InChI is InChI=1S/C22H26F3N5O3S/c1-12(2)17-19-27-15-7-6-13(34(5,32)33)10-16(15)29(19)8-9-30(17)20-26-11-14(21(3,4)31)18(28-20)22(23,24)25/h6-7,10-12,17,31H,8-9H2,1-5H3/t17-/m1/s1. The zero-order valence-corrected chi connectivity index (χ0v) is 20.2. The molecule has 0 fully saturated rings. The zero-order valence-electron chi connectivity index (χ0n) is 19.4. The van der Waals surface area contributed by atoms with Gasteiger partial charge in [-0.05, 0) is 38.0 Å². The Morgan fingerprint density at radius 2 is 1.82 bits per heavy atom. The van der Waals surface area contributed by atoms with Crippen molar-refractivity contribution in [3.63, 3.8) is 0 Å². The van der Waals surface area contributed by atoms with Crippen LogP contribution in [0.4, 0.5) is 19.1 Å². The first-order valence-corrected chi connectivity index (χ1v) is 12.6. The van der Waals surface area contributed by atoms with Gasteiger partial charge in [-0.25, -0.2) is 23.4 Å². The topological polar surface area (TPSA) is 101 Å². The van der Waals surface area contributed by atoms with E-state index in [0.717, 1.165) is 12.5 Å². The molecule has 3 heterocycles. The Bertz CT molecular complexity index is 1360. The summed E-state index contributed by atoms with van der Waals surface area (Å²) in [6.07, 6.45) is -2.61. The van der Waals surface area contributed by atoms with E-state index < -0.39 is 38.9 Å². The Morgan fingerprint density at radius 1 is 1.15 bits per heavy atom. The third-order valence-electron chi connectivity index (χ3n) is 5.93. The average molecular weight is 498 g/mol. The van der Waals surface area contributed by atoms with E-state index in [1.165, 1.54) is 19.9 Å². The van der Waals surface area contributed by atoms with Crippen molar-refractivity contribution in [2.75, 3.05) is 17.7 Å². The SMILES string of the molecule is CC(C)[C@@H]1c2nc3ccc(S(C)(=O)=O)cc3n2CCN1c1ncc(C(C)(C)O)c(C(F)(F)F)n1. The van der Waals surface area contributed by atoms with E-state index in [1.807, 2.05) is 18.4 Å². The highest BCUT2D eigenvalue weighted by Crippen LogP contribution is 2.39. The van der Waals surface area contributed by atoms with Crippen LogP contribution < -0.4 is 4.90 Å². The first-order chi connectivity index (χ1) is 15.6. The van der Waals surface area contributed by atoms with Crippen molar-refractivity contribution in [1.29, 1.82) is 0 Å². The number of alkyl halides is 3. The van der Waals surface area contributed by atoms with E-state index in [4.69, 9.17) is 4.98 Å². The van der Waals surface area contributed by atoms with Crippen LogP contribution in [-0.4, -0.2) is 45.8 Å². The van der Waals surface area contributed by atoms with Crippen LogP contribution in [0.25, 0.3) is 11.0 Å². The molecule has 1 aliphatic heterocycles. The molecule has 0 spiro atoms. The smallest absolute Gasteiger partial charge is 0.386 e. The van der Waals surface area contributed by atoms with Gasteiger partial charge in [0, 0.05) is 31.1 Å². The molecule has 2 aromatic heterocycles. The van der Waals surface area contributed by atoms with Crippen LogP contribution >= 0.6 is 0 Å². The largest absolute Gasteiger partial charge is 0.433 e. The first kappa shape index (κ1) is 24.4. The highest BCUT2D eigenvalue weighted by Gasteiger charge is 2.41. The molecule has 3 aromatic rings. The van der Waals surface area contributed by atoms with Gasteiger partial charge in [-0.1, -0.05) is 13.8 Å². The highest BCUT2D eigenvalue weighted by molar-refractivity contribution is 7.90. The van der Waals surface area contributed by atoms with Crippen molar-refractivity contribution in [3.05, 3.63) is 41.5 Å². The Kier molecular flexibility index (Phi) is 5.67. The van der Waals surface area contributed by atoms with Crippen molar-refractivity contribution in [3.8, 4) is 0 Å². The number of halogens is 3. The van der Waals surface area contributed by atoms with Gasteiger partial charge < -0.3 is 14.6 Å². The average Bonchev–Trinajstić information content (AvgIpc) is 3.08. The molecule has 0 saturated heterocycles. The lowest BCUT2D eigenvalue weighted by molar-refractivity contribution is -0.144. The van der Waals surface area contributed by atoms with Gasteiger partial charge in [0.1, 0.15) is 5.82 Å². The number of aromatic nitrogens is 4. The number of rotatable bonds is 4. The summed E-state index contributed by atoms with van der Waals surface area (Å²) >= 11 is 0. The third-order valence-corrected chi connectivity index (χ3v) is 7.04. The van der Waals surface area contributed by atoms with Gasteiger partial charge in [-0.15, -0.1) is 0 Å². The number of nitrogens with zero attached hydrogens (tertiary/aromatic N) is 5. The van der Waals surface area contributed by atoms with E-state index in [-0.39, 0.29) is 16.8 Å². The number of benzene rings is 1. The summed E-state index contributed by atoms with van der Waals surface area (Å²) in [5.41, 5.74) is -2.10. The molecule has 34 heavy (non-hydrogen) atoms. The molecule has 0 unspecified atom stereocenters. The van der Waals surface area contributed by atoms with E-state index in [0.29, 0.717) is 29.9 Å². The summed E-state index contributed by atoms with van der Waals surface area (Å²) in [5.74, 6) is 0.428. The Morgan fingerprint density at radius 3 is 2.38 bits per heavy atom. The van der Waals surface area contributed by atoms with Crippen LogP contribution in [0, 0.1) is 5.92 Å². The molecular weight excluding hydrogens is 471 g/mol. The van der Waals surface area contributed by atoms with Gasteiger partial charge >= 0.3 is 6.18 Å². The van der Waals surface area contributed by atoms with Crippen LogP contribution in [-0.2, 0) is 28.2 Å². The lowest BCUT2D eigenvalue weighted by Crippen LogP contribution is -2.42. The quantitative estimate of drug-likeness (QED) is 0.587. The van der Waals surface area contributed by atoms with Crippen molar-refractivity contribution in [1.82, 2.24) is 19.5 Å². The normalized spacial score (nSPS) is 17.5. The number of sulfone groups is 1. The minimum Gasteiger partial charge on any atom is -0.386 e. The molecule has 0 amide bonds. The molecule has 12 heteroatoms.